The van der Waals surface area contributed by atoms with Gasteiger partial charge in [-0.05, 0) is 17.7 Å². The lowest BCUT2D eigenvalue weighted by Crippen LogP contribution is -2.16. The SMILES string of the molecule is CN(Cc1ccccc1)c1cc(F)cc(F)c1. The minimum atomic E-state index is -0.556. The fourth-order valence-electron chi connectivity index (χ4n) is 1.71. The van der Waals surface area contributed by atoms with Gasteiger partial charge >= 0.3 is 0 Å². The first kappa shape index (κ1) is 11.6. The maximum Gasteiger partial charge on any atom is 0.128 e. The molecule has 1 nitrogen and oxygen atoms in total. The van der Waals surface area contributed by atoms with Crippen LogP contribution in [0.25, 0.3) is 0 Å². The van der Waals surface area contributed by atoms with Crippen molar-refractivity contribution in [1.29, 1.82) is 0 Å². The van der Waals surface area contributed by atoms with Gasteiger partial charge in [0, 0.05) is 25.3 Å². The number of hydrogen-bond acceptors (Lipinski definition) is 1. The predicted molar refractivity (Wildman–Crippen MR) is 64.9 cm³/mol. The highest BCUT2D eigenvalue weighted by Crippen LogP contribution is 2.18. The Labute approximate surface area is 99.3 Å². The van der Waals surface area contributed by atoms with Crippen LogP contribution in [0.2, 0.25) is 0 Å². The second-order valence-corrected chi connectivity index (χ2v) is 3.97. The molecule has 0 fully saturated rings. The number of rotatable bonds is 3. The van der Waals surface area contributed by atoms with Crippen LogP contribution in [0.3, 0.4) is 0 Å². The van der Waals surface area contributed by atoms with Crippen LogP contribution in [0.5, 0.6) is 0 Å². The van der Waals surface area contributed by atoms with Gasteiger partial charge in [0.25, 0.3) is 0 Å². The normalized spacial score (nSPS) is 10.3. The molecule has 0 heterocycles. The summed E-state index contributed by atoms with van der Waals surface area (Å²) in [6, 6.07) is 13.3. The molecule has 0 aliphatic rings. The molecule has 0 aliphatic heterocycles. The van der Waals surface area contributed by atoms with Crippen LogP contribution in [-0.4, -0.2) is 7.05 Å². The molecule has 88 valence electrons. The summed E-state index contributed by atoms with van der Waals surface area (Å²) in [5.74, 6) is -1.11. The third-order valence-corrected chi connectivity index (χ3v) is 2.55. The molecule has 17 heavy (non-hydrogen) atoms. The monoisotopic (exact) mass is 233 g/mol. The molecule has 0 aromatic heterocycles. The van der Waals surface area contributed by atoms with Gasteiger partial charge in [-0.2, -0.15) is 0 Å². The van der Waals surface area contributed by atoms with Gasteiger partial charge in [-0.15, -0.1) is 0 Å². The molecule has 0 radical (unpaired) electrons. The lowest BCUT2D eigenvalue weighted by Gasteiger charge is -2.19. The largest absolute Gasteiger partial charge is 0.370 e. The van der Waals surface area contributed by atoms with Crippen molar-refractivity contribution < 1.29 is 8.78 Å². The van der Waals surface area contributed by atoms with Crippen LogP contribution in [0, 0.1) is 11.6 Å². The molecule has 2 aromatic carbocycles. The Kier molecular flexibility index (Phi) is 3.38. The van der Waals surface area contributed by atoms with Crippen molar-refractivity contribution in [2.45, 2.75) is 6.54 Å². The quantitative estimate of drug-likeness (QED) is 0.783. The molecular weight excluding hydrogens is 220 g/mol. The van der Waals surface area contributed by atoms with Crippen LogP contribution in [-0.2, 0) is 6.54 Å². The van der Waals surface area contributed by atoms with Crippen molar-refractivity contribution in [1.82, 2.24) is 0 Å². The molecule has 2 aromatic rings. The molecule has 0 spiro atoms. The lowest BCUT2D eigenvalue weighted by atomic mass is 10.2. The Morgan fingerprint density at radius 3 is 2.12 bits per heavy atom. The minimum Gasteiger partial charge on any atom is -0.370 e. The first-order chi connectivity index (χ1) is 8.15. The van der Waals surface area contributed by atoms with E-state index >= 15 is 0 Å². The summed E-state index contributed by atoms with van der Waals surface area (Å²) in [7, 11) is 1.81. The van der Waals surface area contributed by atoms with E-state index in [1.54, 1.807) is 7.05 Å². The molecule has 3 heteroatoms. The van der Waals surface area contributed by atoms with Crippen LogP contribution >= 0.6 is 0 Å². The molecule has 0 bridgehead atoms. The van der Waals surface area contributed by atoms with E-state index in [0.717, 1.165) is 11.6 Å². The number of nitrogens with zero attached hydrogens (tertiary/aromatic N) is 1. The van der Waals surface area contributed by atoms with Crippen molar-refractivity contribution in [3.05, 3.63) is 65.7 Å². The van der Waals surface area contributed by atoms with Crippen LogP contribution < -0.4 is 4.90 Å². The fourth-order valence-corrected chi connectivity index (χ4v) is 1.71. The summed E-state index contributed by atoms with van der Waals surface area (Å²) in [5.41, 5.74) is 1.63. The van der Waals surface area contributed by atoms with E-state index in [2.05, 4.69) is 0 Å². The molecule has 0 amide bonds. The van der Waals surface area contributed by atoms with Gasteiger partial charge in [0.05, 0.1) is 0 Å². The molecule has 0 N–H and O–H groups in total. The van der Waals surface area contributed by atoms with Crippen molar-refractivity contribution >= 4 is 5.69 Å². The molecule has 0 atom stereocenters. The third-order valence-electron chi connectivity index (χ3n) is 2.55. The third kappa shape index (κ3) is 3.03. The highest BCUT2D eigenvalue weighted by molar-refractivity contribution is 5.46. The molecule has 0 unspecified atom stereocenters. The van der Waals surface area contributed by atoms with Gasteiger partial charge < -0.3 is 4.90 Å². The topological polar surface area (TPSA) is 3.24 Å². The second kappa shape index (κ2) is 4.95. The summed E-state index contributed by atoms with van der Waals surface area (Å²) < 4.78 is 26.1. The van der Waals surface area contributed by atoms with Crippen molar-refractivity contribution in [3.63, 3.8) is 0 Å². The Balaban J connectivity index is 2.17. The van der Waals surface area contributed by atoms with Crippen LogP contribution in [0.1, 0.15) is 5.56 Å². The van der Waals surface area contributed by atoms with E-state index in [0.29, 0.717) is 12.2 Å². The van der Waals surface area contributed by atoms with Crippen LogP contribution in [0.15, 0.2) is 48.5 Å². The maximum atomic E-state index is 13.1. The van der Waals surface area contributed by atoms with Gasteiger partial charge in [0.2, 0.25) is 0 Å². The first-order valence-electron chi connectivity index (χ1n) is 5.36. The number of benzene rings is 2. The van der Waals surface area contributed by atoms with E-state index in [9.17, 15) is 8.78 Å². The average Bonchev–Trinajstić information content (AvgIpc) is 2.29. The highest BCUT2D eigenvalue weighted by atomic mass is 19.1. The van der Waals surface area contributed by atoms with Gasteiger partial charge in [0.15, 0.2) is 0 Å². The maximum absolute atomic E-state index is 13.1. The van der Waals surface area contributed by atoms with Gasteiger partial charge in [-0.3, -0.25) is 0 Å². The van der Waals surface area contributed by atoms with Crippen molar-refractivity contribution in [2.24, 2.45) is 0 Å². The summed E-state index contributed by atoms with van der Waals surface area (Å²) in [6.07, 6.45) is 0. The van der Waals surface area contributed by atoms with Gasteiger partial charge in [0.1, 0.15) is 11.6 Å². The number of halogens is 2. The van der Waals surface area contributed by atoms with Crippen LogP contribution in [0.4, 0.5) is 14.5 Å². The fraction of sp³-hybridized carbons (Fsp3) is 0.143. The summed E-state index contributed by atoms with van der Waals surface area (Å²) in [6.45, 7) is 0.615. The standard InChI is InChI=1S/C14H13F2N/c1-17(10-11-5-3-2-4-6-11)14-8-12(15)7-13(16)9-14/h2-9H,10H2,1H3. The summed E-state index contributed by atoms with van der Waals surface area (Å²) in [5, 5.41) is 0. The summed E-state index contributed by atoms with van der Waals surface area (Å²) >= 11 is 0. The average molecular weight is 233 g/mol. The smallest absolute Gasteiger partial charge is 0.128 e. The molecule has 2 rings (SSSR count). The Morgan fingerprint density at radius 2 is 1.53 bits per heavy atom. The molecular formula is C14H13F2N. The Bertz CT molecular complexity index is 477. The molecule has 0 aliphatic carbocycles. The highest BCUT2D eigenvalue weighted by Gasteiger charge is 2.05. The van der Waals surface area contributed by atoms with Crippen molar-refractivity contribution in [3.8, 4) is 0 Å². The lowest BCUT2D eigenvalue weighted by molar-refractivity contribution is 0.582. The number of hydrogen-bond donors (Lipinski definition) is 0. The zero-order chi connectivity index (χ0) is 12.3. The predicted octanol–water partition coefficient (Wildman–Crippen LogP) is 3.60. The van der Waals surface area contributed by atoms with E-state index in [4.69, 9.17) is 0 Å². The van der Waals surface area contributed by atoms with E-state index in [1.807, 2.05) is 35.2 Å². The zero-order valence-corrected chi connectivity index (χ0v) is 9.53. The first-order valence-corrected chi connectivity index (χ1v) is 5.36. The zero-order valence-electron chi connectivity index (χ0n) is 9.53. The van der Waals surface area contributed by atoms with E-state index in [-0.39, 0.29) is 0 Å². The van der Waals surface area contributed by atoms with E-state index in [1.165, 1.54) is 12.1 Å². The van der Waals surface area contributed by atoms with Gasteiger partial charge in [-0.25, -0.2) is 8.78 Å². The van der Waals surface area contributed by atoms with Gasteiger partial charge in [-0.1, -0.05) is 30.3 Å². The molecule has 0 saturated carbocycles. The van der Waals surface area contributed by atoms with Crippen molar-refractivity contribution in [2.75, 3.05) is 11.9 Å². The Hall–Kier alpha value is -1.90. The number of anilines is 1. The molecule has 0 saturated heterocycles. The van der Waals surface area contributed by atoms with E-state index < -0.39 is 11.6 Å². The second-order valence-electron chi connectivity index (χ2n) is 3.97. The minimum absolute atomic E-state index is 0.534. The Morgan fingerprint density at radius 1 is 0.941 bits per heavy atom. The summed E-state index contributed by atoms with van der Waals surface area (Å²) in [4.78, 5) is 1.81.